The van der Waals surface area contributed by atoms with Crippen LogP contribution in [-0.2, 0) is 0 Å². The number of nitrogens with one attached hydrogen (secondary N) is 2. The van der Waals surface area contributed by atoms with Crippen LogP contribution in [0.25, 0.3) is 11.0 Å². The summed E-state index contributed by atoms with van der Waals surface area (Å²) in [6.45, 7) is 1.96. The Morgan fingerprint density at radius 3 is 2.95 bits per heavy atom. The summed E-state index contributed by atoms with van der Waals surface area (Å²) in [6, 6.07) is 5.67. The van der Waals surface area contributed by atoms with Crippen LogP contribution in [-0.4, -0.2) is 20.2 Å². The van der Waals surface area contributed by atoms with Crippen LogP contribution < -0.4 is 11.1 Å². The number of hydrogen-bond donors (Lipinski definition) is 3. The van der Waals surface area contributed by atoms with Gasteiger partial charge >= 0.3 is 0 Å². The van der Waals surface area contributed by atoms with Crippen LogP contribution in [0.5, 0.6) is 0 Å². The van der Waals surface area contributed by atoms with E-state index < -0.39 is 0 Å². The zero-order chi connectivity index (χ0) is 13.4. The molecule has 0 atom stereocenters. The van der Waals surface area contributed by atoms with Gasteiger partial charge in [-0.3, -0.25) is 5.10 Å². The summed E-state index contributed by atoms with van der Waals surface area (Å²) in [5.41, 5.74) is 8.06. The lowest BCUT2D eigenvalue weighted by Gasteiger charge is -2.11. The van der Waals surface area contributed by atoms with E-state index in [1.807, 2.05) is 25.1 Å². The van der Waals surface area contributed by atoms with Crippen LogP contribution in [0.2, 0.25) is 5.02 Å². The summed E-state index contributed by atoms with van der Waals surface area (Å²) in [5, 5.41) is 11.3. The highest BCUT2D eigenvalue weighted by atomic mass is 35.5. The van der Waals surface area contributed by atoms with E-state index in [0.29, 0.717) is 16.5 Å². The van der Waals surface area contributed by atoms with E-state index in [0.717, 1.165) is 16.6 Å². The molecule has 0 bridgehead atoms. The fraction of sp³-hybridized carbons (Fsp3) is 0.0833. The Morgan fingerprint density at radius 1 is 1.32 bits per heavy atom. The number of para-hydroxylation sites is 1. The highest BCUT2D eigenvalue weighted by molar-refractivity contribution is 6.33. The number of fused-ring (bicyclic) bond motifs is 1. The molecule has 0 fully saturated rings. The Kier molecular flexibility index (Phi) is 2.72. The van der Waals surface area contributed by atoms with E-state index in [2.05, 4.69) is 25.5 Å². The van der Waals surface area contributed by atoms with Gasteiger partial charge in [0, 0.05) is 0 Å². The second kappa shape index (κ2) is 4.40. The average Bonchev–Trinajstić information content (AvgIpc) is 2.81. The number of nitrogen functional groups attached to an aromatic ring is 1. The number of aromatic nitrogens is 4. The molecule has 0 spiro atoms. The largest absolute Gasteiger partial charge is 0.368 e. The summed E-state index contributed by atoms with van der Waals surface area (Å²) in [5.74, 6) is 0.747. The van der Waals surface area contributed by atoms with Gasteiger partial charge in [0.15, 0.2) is 5.65 Å². The van der Waals surface area contributed by atoms with E-state index in [1.165, 1.54) is 0 Å². The minimum atomic E-state index is 0.170. The monoisotopic (exact) mass is 274 g/mol. The van der Waals surface area contributed by atoms with Gasteiger partial charge in [-0.2, -0.15) is 15.1 Å². The number of halogens is 1. The van der Waals surface area contributed by atoms with Crippen molar-refractivity contribution in [3.05, 3.63) is 35.0 Å². The highest BCUT2D eigenvalue weighted by Gasteiger charge is 2.11. The molecule has 19 heavy (non-hydrogen) atoms. The smallest absolute Gasteiger partial charge is 0.224 e. The van der Waals surface area contributed by atoms with Crippen molar-refractivity contribution < 1.29 is 0 Å². The summed E-state index contributed by atoms with van der Waals surface area (Å²) in [4.78, 5) is 8.25. The second-order valence-electron chi connectivity index (χ2n) is 4.12. The molecule has 3 aromatic rings. The summed E-state index contributed by atoms with van der Waals surface area (Å²) >= 11 is 6.18. The molecule has 0 aliphatic carbocycles. The molecule has 0 radical (unpaired) electrons. The van der Waals surface area contributed by atoms with E-state index in [-0.39, 0.29) is 5.95 Å². The zero-order valence-corrected chi connectivity index (χ0v) is 10.9. The van der Waals surface area contributed by atoms with Crippen molar-refractivity contribution in [2.75, 3.05) is 11.1 Å². The Labute approximate surface area is 114 Å². The quantitative estimate of drug-likeness (QED) is 0.668. The molecule has 0 saturated carbocycles. The fourth-order valence-corrected chi connectivity index (χ4v) is 2.13. The molecule has 3 rings (SSSR count). The number of aromatic amines is 1. The van der Waals surface area contributed by atoms with E-state index in [4.69, 9.17) is 17.3 Å². The highest BCUT2D eigenvalue weighted by Crippen LogP contribution is 2.30. The van der Waals surface area contributed by atoms with Gasteiger partial charge in [0.25, 0.3) is 0 Å². The van der Waals surface area contributed by atoms with Crippen molar-refractivity contribution in [2.45, 2.75) is 6.92 Å². The SMILES string of the molecule is Cc1cccc(Cl)c1Nc1nc(N)nc2[nH]ncc12. The third kappa shape index (κ3) is 2.06. The Hall–Kier alpha value is -2.34. The maximum atomic E-state index is 6.18. The zero-order valence-electron chi connectivity index (χ0n) is 10.1. The molecule has 7 heteroatoms. The third-order valence-electron chi connectivity index (χ3n) is 2.79. The van der Waals surface area contributed by atoms with Gasteiger partial charge < -0.3 is 11.1 Å². The summed E-state index contributed by atoms with van der Waals surface area (Å²) in [7, 11) is 0. The molecule has 1 aromatic carbocycles. The molecule has 0 saturated heterocycles. The van der Waals surface area contributed by atoms with Gasteiger partial charge in [-0.15, -0.1) is 0 Å². The molecule has 4 N–H and O–H groups in total. The summed E-state index contributed by atoms with van der Waals surface area (Å²) in [6.07, 6.45) is 1.64. The maximum Gasteiger partial charge on any atom is 0.224 e. The van der Waals surface area contributed by atoms with Crippen LogP contribution in [0.1, 0.15) is 5.56 Å². The van der Waals surface area contributed by atoms with Gasteiger partial charge in [-0.1, -0.05) is 23.7 Å². The number of aryl methyl sites for hydroxylation is 1. The fourth-order valence-electron chi connectivity index (χ4n) is 1.86. The third-order valence-corrected chi connectivity index (χ3v) is 3.11. The molecule has 0 aliphatic heterocycles. The number of H-pyrrole nitrogens is 1. The molecule has 0 unspecified atom stereocenters. The molecule has 6 nitrogen and oxygen atoms in total. The molecular weight excluding hydrogens is 264 g/mol. The van der Waals surface area contributed by atoms with Gasteiger partial charge in [-0.25, -0.2) is 0 Å². The van der Waals surface area contributed by atoms with Gasteiger partial charge in [-0.05, 0) is 18.6 Å². The molecule has 0 aliphatic rings. The average molecular weight is 275 g/mol. The number of hydrogen-bond acceptors (Lipinski definition) is 5. The van der Waals surface area contributed by atoms with Gasteiger partial charge in [0.05, 0.1) is 22.3 Å². The van der Waals surface area contributed by atoms with E-state index in [9.17, 15) is 0 Å². The van der Waals surface area contributed by atoms with E-state index in [1.54, 1.807) is 6.20 Å². The van der Waals surface area contributed by atoms with Crippen molar-refractivity contribution in [2.24, 2.45) is 0 Å². The first-order chi connectivity index (χ1) is 9.15. The Balaban J connectivity index is 2.13. The molecule has 2 aromatic heterocycles. The van der Waals surface area contributed by atoms with Crippen molar-refractivity contribution in [3.63, 3.8) is 0 Å². The van der Waals surface area contributed by atoms with Crippen LogP contribution in [0.15, 0.2) is 24.4 Å². The number of rotatable bonds is 2. The van der Waals surface area contributed by atoms with Crippen LogP contribution in [0, 0.1) is 6.92 Å². The van der Waals surface area contributed by atoms with Crippen molar-refractivity contribution >= 4 is 40.1 Å². The molecule has 96 valence electrons. The Bertz CT molecular complexity index is 731. The minimum Gasteiger partial charge on any atom is -0.368 e. The lowest BCUT2D eigenvalue weighted by atomic mass is 10.2. The molecule has 2 heterocycles. The second-order valence-corrected chi connectivity index (χ2v) is 4.53. The van der Waals surface area contributed by atoms with Crippen molar-refractivity contribution in [1.82, 2.24) is 20.2 Å². The Morgan fingerprint density at radius 2 is 2.16 bits per heavy atom. The minimum absolute atomic E-state index is 0.170. The summed E-state index contributed by atoms with van der Waals surface area (Å²) < 4.78 is 0. The van der Waals surface area contributed by atoms with Crippen LogP contribution in [0.4, 0.5) is 17.5 Å². The number of nitrogens with two attached hydrogens (primary N) is 1. The van der Waals surface area contributed by atoms with Gasteiger partial charge in [0.1, 0.15) is 5.82 Å². The van der Waals surface area contributed by atoms with Gasteiger partial charge in [0.2, 0.25) is 5.95 Å². The predicted octanol–water partition coefficient (Wildman–Crippen LogP) is 2.64. The normalized spacial score (nSPS) is 10.8. The van der Waals surface area contributed by atoms with Crippen LogP contribution >= 0.6 is 11.6 Å². The standard InChI is InChI=1S/C12H11ClN6/c1-6-3-2-4-8(13)9(6)16-10-7-5-15-19-11(7)18-12(14)17-10/h2-5H,1H3,(H4,14,15,16,17,18,19). The van der Waals surface area contributed by atoms with E-state index >= 15 is 0 Å². The molecule has 0 amide bonds. The first-order valence-corrected chi connectivity index (χ1v) is 6.01. The number of benzene rings is 1. The van der Waals surface area contributed by atoms with Crippen LogP contribution in [0.3, 0.4) is 0 Å². The topological polar surface area (TPSA) is 92.5 Å². The maximum absolute atomic E-state index is 6.18. The first-order valence-electron chi connectivity index (χ1n) is 5.64. The first kappa shape index (κ1) is 11.7. The van der Waals surface area contributed by atoms with Crippen molar-refractivity contribution in [3.8, 4) is 0 Å². The lowest BCUT2D eigenvalue weighted by Crippen LogP contribution is -2.02. The molecular formula is C12H11ClN6. The predicted molar refractivity (Wildman–Crippen MR) is 75.6 cm³/mol. The number of anilines is 3. The van der Waals surface area contributed by atoms with Crippen molar-refractivity contribution in [1.29, 1.82) is 0 Å². The lowest BCUT2D eigenvalue weighted by molar-refractivity contribution is 1.09. The number of nitrogens with zero attached hydrogens (tertiary/aromatic N) is 3.